The van der Waals surface area contributed by atoms with E-state index in [9.17, 15) is 0 Å². The molecular weight excluding hydrogens is 372 g/mol. The second-order valence-electron chi connectivity index (χ2n) is 6.88. The van der Waals surface area contributed by atoms with Crippen molar-refractivity contribution in [3.63, 3.8) is 0 Å². The molecule has 0 aliphatic carbocycles. The number of nitrogens with one attached hydrogen (secondary N) is 1. The van der Waals surface area contributed by atoms with Crippen LogP contribution in [0.2, 0.25) is 0 Å². The molecule has 7 heteroatoms. The number of fused-ring (bicyclic) bond motifs is 1. The predicted molar refractivity (Wildman–Crippen MR) is 112 cm³/mol. The van der Waals surface area contributed by atoms with Crippen LogP contribution in [0, 0.1) is 6.92 Å². The molecule has 148 valence electrons. The highest BCUT2D eigenvalue weighted by atomic mass is 32.2. The molecule has 2 aromatic heterocycles. The molecule has 0 atom stereocenters. The van der Waals surface area contributed by atoms with Crippen LogP contribution in [-0.2, 0) is 10.5 Å². The zero-order valence-corrected chi connectivity index (χ0v) is 17.0. The molecule has 1 aliphatic heterocycles. The average molecular weight is 399 g/mol. The SMILES string of the molecule is Cc1c(OCCCN2CCOCC2)ccnc1CSc1nc2ccccc2[nH]1. The lowest BCUT2D eigenvalue weighted by molar-refractivity contribution is 0.0358. The van der Waals surface area contributed by atoms with Crippen LogP contribution in [0.5, 0.6) is 5.75 Å². The van der Waals surface area contributed by atoms with Gasteiger partial charge in [0.15, 0.2) is 5.16 Å². The summed E-state index contributed by atoms with van der Waals surface area (Å²) < 4.78 is 11.4. The topological polar surface area (TPSA) is 63.3 Å². The van der Waals surface area contributed by atoms with Gasteiger partial charge in [0.05, 0.1) is 36.5 Å². The van der Waals surface area contributed by atoms with E-state index in [1.807, 2.05) is 36.5 Å². The summed E-state index contributed by atoms with van der Waals surface area (Å²) in [5.41, 5.74) is 4.20. The standard InChI is InChI=1S/C21H26N4O2S/c1-16-19(15-28-21-23-17-5-2-3-6-18(17)24-21)22-8-7-20(16)27-12-4-9-25-10-13-26-14-11-25/h2-3,5-8H,4,9-15H2,1H3,(H,23,24). The number of imidazole rings is 1. The number of rotatable bonds is 8. The van der Waals surface area contributed by atoms with Gasteiger partial charge in [-0.05, 0) is 31.5 Å². The van der Waals surface area contributed by atoms with E-state index in [0.29, 0.717) is 0 Å². The minimum absolute atomic E-state index is 0.721. The molecule has 0 saturated carbocycles. The Morgan fingerprint density at radius 1 is 1.21 bits per heavy atom. The van der Waals surface area contributed by atoms with Gasteiger partial charge in [0.1, 0.15) is 5.75 Å². The Labute approximate surface area is 169 Å². The first-order chi connectivity index (χ1) is 13.8. The zero-order valence-electron chi connectivity index (χ0n) is 16.2. The van der Waals surface area contributed by atoms with Crippen molar-refractivity contribution >= 4 is 22.8 Å². The third kappa shape index (κ3) is 4.84. The number of thioether (sulfide) groups is 1. The summed E-state index contributed by atoms with van der Waals surface area (Å²) in [5.74, 6) is 1.69. The quantitative estimate of drug-likeness (QED) is 0.462. The summed E-state index contributed by atoms with van der Waals surface area (Å²) in [4.78, 5) is 14.9. The molecule has 6 nitrogen and oxygen atoms in total. The summed E-state index contributed by atoms with van der Waals surface area (Å²) in [6, 6.07) is 10.0. The third-order valence-corrected chi connectivity index (χ3v) is 5.84. The molecule has 1 aromatic carbocycles. The Morgan fingerprint density at radius 3 is 2.93 bits per heavy atom. The fourth-order valence-electron chi connectivity index (χ4n) is 3.29. The molecule has 0 spiro atoms. The molecule has 1 fully saturated rings. The van der Waals surface area contributed by atoms with E-state index in [1.54, 1.807) is 11.8 Å². The minimum Gasteiger partial charge on any atom is -0.493 e. The van der Waals surface area contributed by atoms with Crippen LogP contribution in [0.3, 0.4) is 0 Å². The number of para-hydroxylation sites is 2. The van der Waals surface area contributed by atoms with Gasteiger partial charge in [0.25, 0.3) is 0 Å². The fraction of sp³-hybridized carbons (Fsp3) is 0.429. The Hall–Kier alpha value is -2.09. The maximum atomic E-state index is 6.04. The summed E-state index contributed by atoms with van der Waals surface area (Å²) in [7, 11) is 0. The number of H-pyrrole nitrogens is 1. The molecule has 1 N–H and O–H groups in total. The number of hydrogen-bond acceptors (Lipinski definition) is 6. The molecule has 0 radical (unpaired) electrons. The Bertz CT molecular complexity index is 875. The van der Waals surface area contributed by atoms with E-state index >= 15 is 0 Å². The van der Waals surface area contributed by atoms with Crippen LogP contribution in [0.4, 0.5) is 0 Å². The van der Waals surface area contributed by atoms with Gasteiger partial charge in [0.2, 0.25) is 0 Å². The van der Waals surface area contributed by atoms with Crippen LogP contribution in [-0.4, -0.2) is 59.3 Å². The molecule has 0 amide bonds. The molecule has 1 saturated heterocycles. The monoisotopic (exact) mass is 398 g/mol. The highest BCUT2D eigenvalue weighted by molar-refractivity contribution is 7.98. The lowest BCUT2D eigenvalue weighted by Crippen LogP contribution is -2.37. The first-order valence-electron chi connectivity index (χ1n) is 9.74. The largest absolute Gasteiger partial charge is 0.493 e. The minimum atomic E-state index is 0.721. The smallest absolute Gasteiger partial charge is 0.166 e. The predicted octanol–water partition coefficient (Wildman–Crippen LogP) is 3.66. The zero-order chi connectivity index (χ0) is 19.2. The lowest BCUT2D eigenvalue weighted by atomic mass is 10.2. The lowest BCUT2D eigenvalue weighted by Gasteiger charge is -2.26. The molecule has 3 heterocycles. The van der Waals surface area contributed by atoms with Crippen molar-refractivity contribution in [2.24, 2.45) is 0 Å². The van der Waals surface area contributed by atoms with Crippen LogP contribution >= 0.6 is 11.8 Å². The maximum absolute atomic E-state index is 6.04. The maximum Gasteiger partial charge on any atom is 0.166 e. The number of aromatic amines is 1. The first-order valence-corrected chi connectivity index (χ1v) is 10.7. The highest BCUT2D eigenvalue weighted by Gasteiger charge is 2.11. The molecule has 0 bridgehead atoms. The van der Waals surface area contributed by atoms with Crippen LogP contribution in [0.1, 0.15) is 17.7 Å². The third-order valence-electron chi connectivity index (χ3n) is 4.95. The van der Waals surface area contributed by atoms with Gasteiger partial charge in [0, 0.05) is 37.1 Å². The van der Waals surface area contributed by atoms with E-state index in [-0.39, 0.29) is 0 Å². The fourth-order valence-corrected chi connectivity index (χ4v) is 4.20. The highest BCUT2D eigenvalue weighted by Crippen LogP contribution is 2.27. The number of morpholine rings is 1. The molecule has 28 heavy (non-hydrogen) atoms. The molecular formula is C21H26N4O2S. The molecule has 1 aliphatic rings. The van der Waals surface area contributed by atoms with Gasteiger partial charge in [-0.15, -0.1) is 0 Å². The van der Waals surface area contributed by atoms with Gasteiger partial charge in [-0.1, -0.05) is 23.9 Å². The Morgan fingerprint density at radius 2 is 2.07 bits per heavy atom. The van der Waals surface area contributed by atoms with Crippen molar-refractivity contribution in [1.29, 1.82) is 0 Å². The summed E-state index contributed by atoms with van der Waals surface area (Å²) in [6.07, 6.45) is 2.85. The van der Waals surface area contributed by atoms with Crippen molar-refractivity contribution in [1.82, 2.24) is 19.9 Å². The number of hydrogen-bond donors (Lipinski definition) is 1. The number of pyridine rings is 1. The van der Waals surface area contributed by atoms with Crippen molar-refractivity contribution in [3.05, 3.63) is 47.8 Å². The van der Waals surface area contributed by atoms with E-state index in [1.165, 1.54) is 0 Å². The van der Waals surface area contributed by atoms with Gasteiger partial charge in [-0.3, -0.25) is 9.88 Å². The number of ether oxygens (including phenoxy) is 2. The van der Waals surface area contributed by atoms with E-state index in [2.05, 4.69) is 26.8 Å². The normalized spacial score (nSPS) is 15.2. The van der Waals surface area contributed by atoms with Crippen molar-refractivity contribution in [2.45, 2.75) is 24.3 Å². The second-order valence-corrected chi connectivity index (χ2v) is 7.85. The van der Waals surface area contributed by atoms with Crippen LogP contribution in [0.25, 0.3) is 11.0 Å². The van der Waals surface area contributed by atoms with Gasteiger partial charge < -0.3 is 14.5 Å². The summed E-state index contributed by atoms with van der Waals surface area (Å²) in [6.45, 7) is 7.60. The van der Waals surface area contributed by atoms with Crippen molar-refractivity contribution in [3.8, 4) is 5.75 Å². The number of aromatic nitrogens is 3. The molecule has 3 aromatic rings. The van der Waals surface area contributed by atoms with E-state index in [4.69, 9.17) is 9.47 Å². The van der Waals surface area contributed by atoms with Gasteiger partial charge in [-0.2, -0.15) is 0 Å². The number of benzene rings is 1. The van der Waals surface area contributed by atoms with Crippen LogP contribution in [0.15, 0.2) is 41.7 Å². The first kappa shape index (κ1) is 19.2. The number of nitrogens with zero attached hydrogens (tertiary/aromatic N) is 3. The Kier molecular flexibility index (Phi) is 6.46. The van der Waals surface area contributed by atoms with Crippen molar-refractivity contribution < 1.29 is 9.47 Å². The van der Waals surface area contributed by atoms with Gasteiger partial charge >= 0.3 is 0 Å². The molecule has 4 rings (SSSR count). The Balaban J connectivity index is 1.30. The summed E-state index contributed by atoms with van der Waals surface area (Å²) >= 11 is 1.67. The average Bonchev–Trinajstić information content (AvgIpc) is 3.15. The van der Waals surface area contributed by atoms with E-state index in [0.717, 1.165) is 84.8 Å². The van der Waals surface area contributed by atoms with Gasteiger partial charge in [-0.25, -0.2) is 4.98 Å². The molecule has 0 unspecified atom stereocenters. The second kappa shape index (κ2) is 9.41. The van der Waals surface area contributed by atoms with Crippen molar-refractivity contribution in [2.75, 3.05) is 39.5 Å². The summed E-state index contributed by atoms with van der Waals surface area (Å²) in [5, 5.41) is 0.916. The van der Waals surface area contributed by atoms with E-state index < -0.39 is 0 Å². The van der Waals surface area contributed by atoms with Crippen LogP contribution < -0.4 is 4.74 Å².